The van der Waals surface area contributed by atoms with E-state index >= 15 is 0 Å². The van der Waals surface area contributed by atoms with Gasteiger partial charge < -0.3 is 5.11 Å². The lowest BCUT2D eigenvalue weighted by atomic mass is 10.1. The Hall–Kier alpha value is -2.13. The summed E-state index contributed by atoms with van der Waals surface area (Å²) >= 11 is 0. The summed E-state index contributed by atoms with van der Waals surface area (Å²) in [6, 6.07) is 1.67. The smallest absolute Gasteiger partial charge is 0.343 e. The molecule has 98 valence electrons. The minimum absolute atomic E-state index is 0.0596. The maximum absolute atomic E-state index is 10.9. The largest absolute Gasteiger partial charge is 0.478 e. The van der Waals surface area contributed by atoms with Crippen LogP contribution in [0.3, 0.4) is 0 Å². The van der Waals surface area contributed by atoms with E-state index in [9.17, 15) is 18.0 Å². The number of carboxylic acid groups (broad SMARTS) is 1. The molecule has 0 fully saturated rings. The van der Waals surface area contributed by atoms with E-state index in [1.54, 1.807) is 0 Å². The van der Waals surface area contributed by atoms with Gasteiger partial charge in [-0.05, 0) is 24.6 Å². The van der Waals surface area contributed by atoms with Crippen molar-refractivity contribution >= 4 is 22.6 Å². The minimum Gasteiger partial charge on any atom is -0.478 e. The number of hydrogen-bond acceptors (Lipinski definition) is 6. The summed E-state index contributed by atoms with van der Waals surface area (Å²) in [6.07, 6.45) is 0. The van der Waals surface area contributed by atoms with Crippen LogP contribution in [-0.2, 0) is 19.8 Å². The van der Waals surface area contributed by atoms with E-state index in [0.717, 1.165) is 6.07 Å². The Morgan fingerprint density at radius 3 is 2.44 bits per heavy atom. The van der Waals surface area contributed by atoms with Crippen LogP contribution in [0.4, 0.5) is 0 Å². The fraction of sp³-hybridized carbons (Fsp3) is 0.111. The van der Waals surface area contributed by atoms with E-state index in [1.807, 2.05) is 0 Å². The maximum Gasteiger partial charge on any atom is 0.343 e. The number of aryl methyl sites for hydroxylation is 1. The molecule has 9 heteroatoms. The van der Waals surface area contributed by atoms with Gasteiger partial charge in [0.2, 0.25) is 0 Å². The molecule has 0 bridgehead atoms. The minimum atomic E-state index is -4.55. The van der Waals surface area contributed by atoms with E-state index in [-0.39, 0.29) is 17.8 Å². The van der Waals surface area contributed by atoms with Crippen LogP contribution in [-0.4, -0.2) is 30.5 Å². The van der Waals surface area contributed by atoms with E-state index in [4.69, 9.17) is 9.66 Å². The standard InChI is InChI=1S/C9H8O8S/c1-5-2-6(18(13,14)15)3-7(9(11)12)8(5)17-16-4-10/h2-4H,1H3,(H,11,12)(H,13,14,15). The number of carboxylic acids is 1. The SMILES string of the molecule is Cc1cc(S(=O)(=O)O)cc(C(=O)O)c1OOC=O. The summed E-state index contributed by atoms with van der Waals surface area (Å²) in [7, 11) is -4.55. The monoisotopic (exact) mass is 276 g/mol. The Kier molecular flexibility index (Phi) is 3.89. The van der Waals surface area contributed by atoms with Crippen LogP contribution in [0.25, 0.3) is 0 Å². The van der Waals surface area contributed by atoms with Gasteiger partial charge in [-0.2, -0.15) is 8.42 Å². The lowest BCUT2D eigenvalue weighted by Crippen LogP contribution is -2.08. The maximum atomic E-state index is 10.9. The number of carbonyl (C=O) groups excluding carboxylic acids is 1. The van der Waals surface area contributed by atoms with Crippen molar-refractivity contribution in [1.82, 2.24) is 0 Å². The highest BCUT2D eigenvalue weighted by atomic mass is 32.2. The Balaban J connectivity index is 3.45. The van der Waals surface area contributed by atoms with Gasteiger partial charge in [0.05, 0.1) is 4.90 Å². The number of benzene rings is 1. The molecular weight excluding hydrogens is 268 g/mol. The van der Waals surface area contributed by atoms with Gasteiger partial charge in [0.15, 0.2) is 5.75 Å². The lowest BCUT2D eigenvalue weighted by molar-refractivity contribution is -0.196. The second kappa shape index (κ2) is 5.02. The van der Waals surface area contributed by atoms with Gasteiger partial charge in [-0.25, -0.2) is 4.79 Å². The van der Waals surface area contributed by atoms with Gasteiger partial charge in [0, 0.05) is 0 Å². The topological polar surface area (TPSA) is 127 Å². The fourth-order valence-electron chi connectivity index (χ4n) is 1.23. The molecule has 0 saturated carbocycles. The van der Waals surface area contributed by atoms with Crippen molar-refractivity contribution in [2.24, 2.45) is 0 Å². The van der Waals surface area contributed by atoms with E-state index in [0.29, 0.717) is 6.07 Å². The predicted molar refractivity (Wildman–Crippen MR) is 55.7 cm³/mol. The molecule has 0 spiro atoms. The second-order valence-corrected chi connectivity index (χ2v) is 4.59. The summed E-state index contributed by atoms with van der Waals surface area (Å²) in [6.45, 7) is 1.26. The summed E-state index contributed by atoms with van der Waals surface area (Å²) in [4.78, 5) is 28.7. The first-order valence-corrected chi connectivity index (χ1v) is 5.83. The van der Waals surface area contributed by atoms with Gasteiger partial charge in [-0.3, -0.25) is 19.1 Å². The molecule has 0 aromatic heterocycles. The van der Waals surface area contributed by atoms with Crippen LogP contribution >= 0.6 is 0 Å². The van der Waals surface area contributed by atoms with Crippen molar-refractivity contribution in [3.8, 4) is 5.75 Å². The third-order valence-electron chi connectivity index (χ3n) is 1.95. The first kappa shape index (κ1) is 13.9. The Labute approximate surface area is 101 Å². The van der Waals surface area contributed by atoms with Crippen LogP contribution in [0.1, 0.15) is 15.9 Å². The van der Waals surface area contributed by atoms with Gasteiger partial charge in [0.25, 0.3) is 10.1 Å². The van der Waals surface area contributed by atoms with Crippen LogP contribution in [0.2, 0.25) is 0 Å². The van der Waals surface area contributed by atoms with Crippen LogP contribution in [0, 0.1) is 6.92 Å². The molecule has 0 saturated heterocycles. The molecule has 1 aromatic rings. The second-order valence-electron chi connectivity index (χ2n) is 3.17. The summed E-state index contributed by atoms with van der Waals surface area (Å²) in [5.74, 6) is -1.84. The quantitative estimate of drug-likeness (QED) is 0.342. The first-order chi connectivity index (χ1) is 8.27. The molecule has 0 heterocycles. The lowest BCUT2D eigenvalue weighted by Gasteiger charge is -2.09. The first-order valence-electron chi connectivity index (χ1n) is 4.39. The van der Waals surface area contributed by atoms with Crippen LogP contribution in [0.5, 0.6) is 5.75 Å². The van der Waals surface area contributed by atoms with Crippen molar-refractivity contribution < 1.29 is 37.4 Å². The molecule has 0 unspecified atom stereocenters. The van der Waals surface area contributed by atoms with Crippen molar-refractivity contribution in [3.63, 3.8) is 0 Å². The molecule has 8 nitrogen and oxygen atoms in total. The number of carbonyl (C=O) groups is 2. The highest BCUT2D eigenvalue weighted by molar-refractivity contribution is 7.85. The summed E-state index contributed by atoms with van der Waals surface area (Å²) < 4.78 is 30.7. The molecule has 18 heavy (non-hydrogen) atoms. The highest BCUT2D eigenvalue weighted by Crippen LogP contribution is 2.27. The van der Waals surface area contributed by atoms with Gasteiger partial charge in [0.1, 0.15) is 5.56 Å². The van der Waals surface area contributed by atoms with E-state index in [2.05, 4.69) is 9.78 Å². The van der Waals surface area contributed by atoms with Crippen molar-refractivity contribution in [2.75, 3.05) is 0 Å². The van der Waals surface area contributed by atoms with E-state index in [1.165, 1.54) is 6.92 Å². The third-order valence-corrected chi connectivity index (χ3v) is 2.78. The predicted octanol–water partition coefficient (Wildman–Crippen LogP) is 0.407. The van der Waals surface area contributed by atoms with Crippen molar-refractivity contribution in [2.45, 2.75) is 11.8 Å². The number of hydrogen-bond donors (Lipinski definition) is 2. The van der Waals surface area contributed by atoms with Gasteiger partial charge in [-0.15, -0.1) is 0 Å². The molecule has 0 aliphatic carbocycles. The van der Waals surface area contributed by atoms with Gasteiger partial charge >= 0.3 is 12.4 Å². The molecule has 0 atom stereocenters. The third kappa shape index (κ3) is 2.96. The molecule has 1 aromatic carbocycles. The highest BCUT2D eigenvalue weighted by Gasteiger charge is 2.21. The van der Waals surface area contributed by atoms with Crippen LogP contribution < -0.4 is 4.89 Å². The van der Waals surface area contributed by atoms with Crippen LogP contribution in [0.15, 0.2) is 17.0 Å². The average Bonchev–Trinajstić information content (AvgIpc) is 2.25. The zero-order chi connectivity index (χ0) is 13.9. The molecule has 0 aliphatic rings. The number of aromatic carboxylic acids is 1. The molecule has 2 N–H and O–H groups in total. The molecular formula is C9H8O8S. The zero-order valence-electron chi connectivity index (χ0n) is 8.98. The summed E-state index contributed by atoms with van der Waals surface area (Å²) in [5, 5.41) is 8.88. The van der Waals surface area contributed by atoms with Crippen molar-refractivity contribution in [3.05, 3.63) is 23.3 Å². The zero-order valence-corrected chi connectivity index (χ0v) is 9.80. The van der Waals surface area contributed by atoms with Crippen molar-refractivity contribution in [1.29, 1.82) is 0 Å². The molecule has 1 rings (SSSR count). The number of rotatable bonds is 5. The average molecular weight is 276 g/mol. The fourth-order valence-corrected chi connectivity index (χ4v) is 1.82. The molecule has 0 radical (unpaired) electrons. The summed E-state index contributed by atoms with van der Waals surface area (Å²) in [5.41, 5.74) is -0.506. The van der Waals surface area contributed by atoms with E-state index < -0.39 is 26.5 Å². The van der Waals surface area contributed by atoms with Gasteiger partial charge in [-0.1, -0.05) is 0 Å². The Morgan fingerprint density at radius 1 is 1.39 bits per heavy atom. The Bertz CT molecular complexity index is 589. The molecule has 0 amide bonds. The molecule has 0 aliphatic heterocycles. The Morgan fingerprint density at radius 2 is 2.00 bits per heavy atom. The normalized spacial score (nSPS) is 10.8.